The van der Waals surface area contributed by atoms with E-state index in [-0.39, 0.29) is 17.7 Å². The van der Waals surface area contributed by atoms with Crippen molar-refractivity contribution < 1.29 is 18.3 Å². The summed E-state index contributed by atoms with van der Waals surface area (Å²) in [5.74, 6) is 5.12. The molecular weight excluding hydrogens is 338 g/mol. The molecule has 2 fully saturated rings. The molecule has 1 amide bonds. The Labute approximate surface area is 149 Å². The van der Waals surface area contributed by atoms with Crippen molar-refractivity contribution in [2.24, 2.45) is 5.92 Å². The largest absolute Gasteiger partial charge is 0.449 e. The van der Waals surface area contributed by atoms with Crippen molar-refractivity contribution in [1.29, 1.82) is 0 Å². The Morgan fingerprint density at radius 2 is 2.04 bits per heavy atom. The molecule has 6 heteroatoms. The van der Waals surface area contributed by atoms with Gasteiger partial charge in [-0.2, -0.15) is 0 Å². The zero-order chi connectivity index (χ0) is 18.1. The molecule has 4 nitrogen and oxygen atoms in total. The topological polar surface area (TPSA) is 42.4 Å². The van der Waals surface area contributed by atoms with Gasteiger partial charge in [-0.05, 0) is 43.2 Å². The van der Waals surface area contributed by atoms with Crippen LogP contribution >= 0.6 is 0 Å². The van der Waals surface area contributed by atoms with Crippen molar-refractivity contribution in [3.63, 3.8) is 0 Å². The fraction of sp³-hybridized carbons (Fsp3) is 0.300. The first-order chi connectivity index (χ1) is 12.6. The summed E-state index contributed by atoms with van der Waals surface area (Å²) < 4.78 is 32.0. The quantitative estimate of drug-likeness (QED) is 0.730. The Balaban J connectivity index is 1.57. The fourth-order valence-electron chi connectivity index (χ4n) is 3.53. The average molecular weight is 354 g/mol. The molecule has 1 aliphatic carbocycles. The van der Waals surface area contributed by atoms with Crippen molar-refractivity contribution >= 4 is 11.9 Å². The number of anilines is 1. The fourth-order valence-corrected chi connectivity index (χ4v) is 3.53. The van der Waals surface area contributed by atoms with Crippen molar-refractivity contribution in [3.05, 3.63) is 59.3 Å². The number of amides is 1. The number of ether oxygens (including phenoxy) is 1. The lowest BCUT2D eigenvalue weighted by atomic mass is 10.0. The van der Waals surface area contributed by atoms with Gasteiger partial charge >= 0.3 is 6.09 Å². The van der Waals surface area contributed by atoms with E-state index >= 15 is 0 Å². The van der Waals surface area contributed by atoms with Crippen LogP contribution in [0.25, 0.3) is 0 Å². The molecule has 0 spiro atoms. The van der Waals surface area contributed by atoms with Crippen LogP contribution in [0.1, 0.15) is 30.4 Å². The molecule has 1 aromatic carbocycles. The maximum atomic E-state index is 13.6. The van der Waals surface area contributed by atoms with E-state index in [0.717, 1.165) is 37.5 Å². The van der Waals surface area contributed by atoms with E-state index in [9.17, 15) is 13.6 Å². The van der Waals surface area contributed by atoms with E-state index in [4.69, 9.17) is 4.74 Å². The van der Waals surface area contributed by atoms with E-state index in [0.29, 0.717) is 23.9 Å². The summed E-state index contributed by atoms with van der Waals surface area (Å²) in [7, 11) is 0. The minimum Gasteiger partial charge on any atom is -0.449 e. The molecule has 2 atom stereocenters. The molecule has 1 aromatic heterocycles. The molecule has 2 aromatic rings. The molecule has 1 saturated carbocycles. The molecule has 2 heterocycles. The lowest BCUT2D eigenvalue weighted by Gasteiger charge is -2.35. The number of cyclic esters (lactones) is 1. The number of hydrogen-bond acceptors (Lipinski definition) is 3. The normalized spacial score (nSPS) is 21.6. The molecule has 0 radical (unpaired) electrons. The van der Waals surface area contributed by atoms with Gasteiger partial charge in [0.05, 0.1) is 12.2 Å². The van der Waals surface area contributed by atoms with Crippen molar-refractivity contribution in [3.8, 4) is 11.8 Å². The number of halogens is 2. The predicted octanol–water partition coefficient (Wildman–Crippen LogP) is 3.88. The number of benzene rings is 1. The molecule has 2 unspecified atom stereocenters. The molecule has 2 aliphatic rings. The van der Waals surface area contributed by atoms with Gasteiger partial charge in [-0.3, -0.25) is 4.90 Å². The number of nitrogens with zero attached hydrogens (tertiary/aromatic N) is 2. The minimum absolute atomic E-state index is 0.0116. The Morgan fingerprint density at radius 3 is 2.85 bits per heavy atom. The third-order valence-electron chi connectivity index (χ3n) is 4.83. The van der Waals surface area contributed by atoms with Crippen LogP contribution < -0.4 is 4.90 Å². The number of carbonyl (C=O) groups excluding carboxylic acids is 1. The zero-order valence-corrected chi connectivity index (χ0v) is 13.9. The number of aromatic nitrogens is 1. The van der Waals surface area contributed by atoms with Gasteiger partial charge in [-0.1, -0.05) is 18.3 Å². The van der Waals surface area contributed by atoms with Crippen molar-refractivity contribution in [1.82, 2.24) is 4.98 Å². The van der Waals surface area contributed by atoms with Crippen LogP contribution in [0.15, 0.2) is 36.5 Å². The number of rotatable bonds is 1. The number of fused-ring (bicyclic) bond motifs is 1. The summed E-state index contributed by atoms with van der Waals surface area (Å²) in [5, 5.41) is 0. The van der Waals surface area contributed by atoms with Crippen LogP contribution in [-0.4, -0.2) is 23.7 Å². The minimum atomic E-state index is -0.577. The van der Waals surface area contributed by atoms with Crippen molar-refractivity contribution in [2.45, 2.75) is 25.3 Å². The maximum Gasteiger partial charge on any atom is 0.415 e. The number of pyridine rings is 1. The highest BCUT2D eigenvalue weighted by Gasteiger charge is 2.41. The SMILES string of the molecule is O=C1OCC2CCCC2N1c1ccc(C#Cc2cc(F)ccc2F)cn1. The van der Waals surface area contributed by atoms with Crippen LogP contribution in [0.5, 0.6) is 0 Å². The summed E-state index contributed by atoms with van der Waals surface area (Å²) in [5.41, 5.74) is 0.535. The van der Waals surface area contributed by atoms with Crippen LogP contribution in [0, 0.1) is 29.4 Å². The summed E-state index contributed by atoms with van der Waals surface area (Å²) >= 11 is 0. The van der Waals surface area contributed by atoms with Crippen LogP contribution in [0.2, 0.25) is 0 Å². The second-order valence-corrected chi connectivity index (χ2v) is 6.48. The molecule has 1 aliphatic heterocycles. The molecule has 0 N–H and O–H groups in total. The second-order valence-electron chi connectivity index (χ2n) is 6.48. The van der Waals surface area contributed by atoms with Gasteiger partial charge in [-0.15, -0.1) is 0 Å². The van der Waals surface area contributed by atoms with E-state index in [1.165, 1.54) is 6.20 Å². The van der Waals surface area contributed by atoms with E-state index in [1.54, 1.807) is 17.0 Å². The monoisotopic (exact) mass is 354 g/mol. The Morgan fingerprint density at radius 1 is 1.15 bits per heavy atom. The Hall–Kier alpha value is -2.94. The molecule has 1 saturated heterocycles. The van der Waals surface area contributed by atoms with Gasteiger partial charge in [-0.25, -0.2) is 18.6 Å². The first kappa shape index (κ1) is 16.5. The summed E-state index contributed by atoms with van der Waals surface area (Å²) in [6.45, 7) is 0.475. The average Bonchev–Trinajstić information content (AvgIpc) is 3.12. The highest BCUT2D eigenvalue weighted by atomic mass is 19.1. The summed E-state index contributed by atoms with van der Waals surface area (Å²) in [4.78, 5) is 18.1. The van der Waals surface area contributed by atoms with E-state index in [1.807, 2.05) is 0 Å². The van der Waals surface area contributed by atoms with Gasteiger partial charge in [0.1, 0.15) is 17.5 Å². The van der Waals surface area contributed by atoms with E-state index in [2.05, 4.69) is 16.8 Å². The van der Waals surface area contributed by atoms with Crippen LogP contribution in [0.3, 0.4) is 0 Å². The van der Waals surface area contributed by atoms with Gasteiger partial charge in [0.25, 0.3) is 0 Å². The van der Waals surface area contributed by atoms with E-state index < -0.39 is 11.6 Å². The molecule has 132 valence electrons. The first-order valence-electron chi connectivity index (χ1n) is 8.51. The molecule has 0 bridgehead atoms. The smallest absolute Gasteiger partial charge is 0.415 e. The highest BCUT2D eigenvalue weighted by Crippen LogP contribution is 2.36. The zero-order valence-electron chi connectivity index (χ0n) is 13.9. The lowest BCUT2D eigenvalue weighted by molar-refractivity contribution is 0.104. The summed E-state index contributed by atoms with van der Waals surface area (Å²) in [6, 6.07) is 6.67. The maximum absolute atomic E-state index is 13.6. The number of carbonyl (C=O) groups is 1. The lowest BCUT2D eigenvalue weighted by Crippen LogP contribution is -2.49. The molecule has 4 rings (SSSR count). The molecular formula is C20H16F2N2O2. The summed E-state index contributed by atoms with van der Waals surface area (Å²) in [6.07, 6.45) is 4.22. The first-order valence-corrected chi connectivity index (χ1v) is 8.51. The standard InChI is InChI=1S/C20H16F2N2O2/c21-16-7-8-17(22)14(10-16)6-4-13-5-9-19(23-11-13)24-18-3-1-2-15(18)12-26-20(24)25/h5,7-11,15,18H,1-3,12H2. The van der Waals surface area contributed by atoms with Crippen LogP contribution in [-0.2, 0) is 4.74 Å². The molecule has 26 heavy (non-hydrogen) atoms. The predicted molar refractivity (Wildman–Crippen MR) is 91.5 cm³/mol. The third kappa shape index (κ3) is 3.13. The third-order valence-corrected chi connectivity index (χ3v) is 4.83. The number of hydrogen-bond donors (Lipinski definition) is 0. The Bertz CT molecular complexity index is 902. The van der Waals surface area contributed by atoms with Crippen LogP contribution in [0.4, 0.5) is 19.4 Å². The Kier molecular flexibility index (Phi) is 4.29. The van der Waals surface area contributed by atoms with Gasteiger partial charge in [0, 0.05) is 23.7 Å². The van der Waals surface area contributed by atoms with Crippen molar-refractivity contribution in [2.75, 3.05) is 11.5 Å². The van der Waals surface area contributed by atoms with Gasteiger partial charge in [0.15, 0.2) is 0 Å². The van der Waals surface area contributed by atoms with Gasteiger partial charge < -0.3 is 4.74 Å². The van der Waals surface area contributed by atoms with Gasteiger partial charge in [0.2, 0.25) is 0 Å². The highest BCUT2D eigenvalue weighted by molar-refractivity contribution is 5.88. The second kappa shape index (κ2) is 6.75.